The lowest BCUT2D eigenvalue weighted by Gasteiger charge is -2.50. The Morgan fingerprint density at radius 3 is 2.35 bits per heavy atom. The molecule has 3 aromatic rings. The van der Waals surface area contributed by atoms with Crippen LogP contribution in [-0.2, 0) is 41.0 Å². The molecule has 3 heterocycles. The summed E-state index contributed by atoms with van der Waals surface area (Å²) in [5.74, 6) is -2.32. The van der Waals surface area contributed by atoms with E-state index in [1.165, 1.54) is 19.2 Å². The molecule has 1 aliphatic rings. The van der Waals surface area contributed by atoms with Crippen LogP contribution in [0, 0.1) is 0 Å². The van der Waals surface area contributed by atoms with Crippen LogP contribution < -0.4 is 37.1 Å². The predicted octanol–water partition coefficient (Wildman–Crippen LogP) is -0.992. The molecule has 2 atom stereocenters. The highest BCUT2D eigenvalue weighted by Crippen LogP contribution is 2.33. The van der Waals surface area contributed by atoms with Crippen molar-refractivity contribution in [3.05, 3.63) is 53.7 Å². The second-order valence-corrected chi connectivity index (χ2v) is 13.1. The molecular formula is C28H36N9O10S2+. The Hall–Kier alpha value is -4.93. The van der Waals surface area contributed by atoms with E-state index < -0.39 is 58.2 Å². The Bertz CT molecular complexity index is 1830. The Labute approximate surface area is 284 Å². The molecule has 0 spiro atoms. The minimum absolute atomic E-state index is 0.0537. The number of nitrogen functional groups attached to an aromatic ring is 1. The molecular weight excluding hydrogens is 686 g/mol. The van der Waals surface area contributed by atoms with Gasteiger partial charge in [0.25, 0.3) is 23.7 Å². The Morgan fingerprint density at radius 1 is 1.16 bits per heavy atom. The predicted molar refractivity (Wildman–Crippen MR) is 175 cm³/mol. The van der Waals surface area contributed by atoms with Crippen LogP contribution in [0.15, 0.2) is 53.1 Å². The number of β-lactam (4-membered cyclic amide) rings is 1. The second-order valence-electron chi connectivity index (χ2n) is 11.2. The SMILES string of the molecule is C[n+]1cc(-c2ccc(OCC(O/N=C(\C(=O)NC3C(=O)N(OS(=O)(=O)O)C3(C)C)c3csc(N)n3)C(=O)O)cc2)ccc1NC(CN)CN. The number of carbonyl (C=O) groups excluding carboxylic acids is 2. The van der Waals surface area contributed by atoms with Gasteiger partial charge in [0, 0.05) is 30.1 Å². The van der Waals surface area contributed by atoms with Gasteiger partial charge in [-0.25, -0.2) is 14.3 Å². The highest BCUT2D eigenvalue weighted by atomic mass is 32.3. The topological polar surface area (TPSA) is 288 Å². The molecule has 1 aliphatic heterocycles. The zero-order valence-electron chi connectivity index (χ0n) is 26.5. The van der Waals surface area contributed by atoms with E-state index in [9.17, 15) is 27.9 Å². The van der Waals surface area contributed by atoms with E-state index in [1.807, 2.05) is 29.9 Å². The van der Waals surface area contributed by atoms with Crippen LogP contribution >= 0.6 is 11.3 Å². The first kappa shape index (κ1) is 36.9. The smallest absolute Gasteiger partial charge is 0.418 e. The molecule has 21 heteroatoms. The number of thiazole rings is 1. The number of hydrogen-bond acceptors (Lipinski definition) is 15. The fraction of sp³-hybridized carbons (Fsp3) is 0.357. The standard InChI is InChI=1S/C28H35N9O10S2/c1-28(2)23(25(39)37(28)47-49(42,43)44)34-24(38)22(19-14-48-27(31)33-19)35-46-20(26(40)41)13-45-18-7-4-15(5-8-18)16-6-9-21(36(3)12-16)32-17(10-29)11-30/h4-9,12,14,17,20,23H,10-11,13,29-30H2,1-3H3,(H5,31,33,34,38,40,41,42,43,44)/p+1/b35-22-. The van der Waals surface area contributed by atoms with E-state index in [4.69, 9.17) is 31.3 Å². The maximum Gasteiger partial charge on any atom is 0.418 e. The molecule has 0 bridgehead atoms. The van der Waals surface area contributed by atoms with Gasteiger partial charge in [0.05, 0.1) is 18.8 Å². The number of carboxylic acid groups (broad SMARTS) is 1. The summed E-state index contributed by atoms with van der Waals surface area (Å²) >= 11 is 0.955. The fourth-order valence-electron chi connectivity index (χ4n) is 4.55. The second kappa shape index (κ2) is 15.1. The maximum absolute atomic E-state index is 13.2. The molecule has 1 fully saturated rings. The summed E-state index contributed by atoms with van der Waals surface area (Å²) in [6.45, 7) is 2.98. The number of rotatable bonds is 16. The van der Waals surface area contributed by atoms with Gasteiger partial charge in [-0.1, -0.05) is 17.3 Å². The molecule has 1 saturated heterocycles. The summed E-state index contributed by atoms with van der Waals surface area (Å²) in [6.07, 6.45) is 0.229. The number of aromatic nitrogens is 2. The van der Waals surface area contributed by atoms with Crippen molar-refractivity contribution >= 4 is 56.2 Å². The molecule has 49 heavy (non-hydrogen) atoms. The van der Waals surface area contributed by atoms with Gasteiger partial charge in [0.1, 0.15) is 30.1 Å². The monoisotopic (exact) mass is 722 g/mol. The molecule has 0 aliphatic carbocycles. The van der Waals surface area contributed by atoms with Crippen molar-refractivity contribution in [3.63, 3.8) is 0 Å². The van der Waals surface area contributed by atoms with Crippen molar-refractivity contribution in [1.82, 2.24) is 15.4 Å². The molecule has 10 N–H and O–H groups in total. The van der Waals surface area contributed by atoms with Crippen LogP contribution in [0.3, 0.4) is 0 Å². The summed E-state index contributed by atoms with van der Waals surface area (Å²) in [7, 11) is -3.14. The van der Waals surface area contributed by atoms with Crippen LogP contribution in [0.1, 0.15) is 19.5 Å². The number of nitrogens with zero attached hydrogens (tertiary/aromatic N) is 4. The molecule has 19 nitrogen and oxygen atoms in total. The number of carbonyl (C=O) groups is 3. The molecule has 2 aromatic heterocycles. The summed E-state index contributed by atoms with van der Waals surface area (Å²) in [6, 6.07) is 9.29. The molecule has 1 aromatic carbocycles. The maximum atomic E-state index is 13.2. The number of carboxylic acids is 1. The summed E-state index contributed by atoms with van der Waals surface area (Å²) in [4.78, 5) is 46.9. The number of aryl methyl sites for hydroxylation is 1. The number of hydrogen-bond donors (Lipinski definition) is 7. The van der Waals surface area contributed by atoms with Crippen molar-refractivity contribution < 1.29 is 50.9 Å². The van der Waals surface area contributed by atoms with Gasteiger partial charge in [-0.3, -0.25) is 19.5 Å². The third-order valence-corrected chi connectivity index (χ3v) is 8.30. The van der Waals surface area contributed by atoms with E-state index in [0.717, 1.165) is 28.3 Å². The van der Waals surface area contributed by atoms with Crippen molar-refractivity contribution in [2.75, 3.05) is 30.7 Å². The number of aliphatic carboxylic acids is 1. The fourth-order valence-corrected chi connectivity index (χ4v) is 5.55. The van der Waals surface area contributed by atoms with Gasteiger partial charge in [-0.15, -0.1) is 15.6 Å². The number of nitrogens with one attached hydrogen (secondary N) is 2. The molecule has 2 amide bonds. The van der Waals surface area contributed by atoms with Gasteiger partial charge in [0.15, 0.2) is 10.8 Å². The molecule has 264 valence electrons. The van der Waals surface area contributed by atoms with Crippen molar-refractivity contribution in [2.24, 2.45) is 23.7 Å². The van der Waals surface area contributed by atoms with Gasteiger partial charge in [-0.2, -0.15) is 13.5 Å². The van der Waals surface area contributed by atoms with Crippen LogP contribution in [0.5, 0.6) is 5.75 Å². The molecule has 4 rings (SSSR count). The number of pyridine rings is 1. The first-order valence-electron chi connectivity index (χ1n) is 14.4. The zero-order valence-corrected chi connectivity index (χ0v) is 28.1. The summed E-state index contributed by atoms with van der Waals surface area (Å²) in [5, 5.41) is 20.9. The minimum Gasteiger partial charge on any atom is -0.489 e. The van der Waals surface area contributed by atoms with Gasteiger partial charge < -0.3 is 37.2 Å². The normalized spacial score (nSPS) is 16.6. The lowest BCUT2D eigenvalue weighted by atomic mass is 9.84. The van der Waals surface area contributed by atoms with E-state index in [2.05, 4.69) is 25.1 Å². The van der Waals surface area contributed by atoms with E-state index in [0.29, 0.717) is 23.9 Å². The molecule has 0 radical (unpaired) electrons. The summed E-state index contributed by atoms with van der Waals surface area (Å²) < 4.78 is 43.0. The number of nitrogens with two attached hydrogens (primary N) is 3. The van der Waals surface area contributed by atoms with Crippen LogP contribution in [0.2, 0.25) is 0 Å². The number of ether oxygens (including phenoxy) is 1. The molecule has 0 saturated carbocycles. The van der Waals surface area contributed by atoms with Crippen LogP contribution in [0.25, 0.3) is 11.1 Å². The number of anilines is 2. The minimum atomic E-state index is -5.02. The van der Waals surface area contributed by atoms with Crippen molar-refractivity contribution in [3.8, 4) is 16.9 Å². The first-order chi connectivity index (χ1) is 23.0. The third-order valence-electron chi connectivity index (χ3n) is 7.29. The van der Waals surface area contributed by atoms with Crippen molar-refractivity contribution in [2.45, 2.75) is 37.6 Å². The Balaban J connectivity index is 1.44. The average molecular weight is 723 g/mol. The molecule has 2 unspecified atom stereocenters. The number of oxime groups is 1. The highest BCUT2D eigenvalue weighted by molar-refractivity contribution is 7.80. The van der Waals surface area contributed by atoms with Crippen LogP contribution in [-0.4, -0.2) is 95.0 Å². The van der Waals surface area contributed by atoms with E-state index in [-0.39, 0.29) is 16.9 Å². The van der Waals surface area contributed by atoms with Crippen molar-refractivity contribution in [1.29, 1.82) is 0 Å². The van der Waals surface area contributed by atoms with E-state index in [1.54, 1.807) is 24.3 Å². The van der Waals surface area contributed by atoms with E-state index >= 15 is 0 Å². The Kier molecular flexibility index (Phi) is 11.4. The van der Waals surface area contributed by atoms with Gasteiger partial charge in [0.2, 0.25) is 0 Å². The number of amides is 2. The first-order valence-corrected chi connectivity index (χ1v) is 16.7. The largest absolute Gasteiger partial charge is 0.489 e. The number of benzene rings is 1. The van der Waals surface area contributed by atoms with Gasteiger partial charge in [-0.05, 0) is 37.6 Å². The quantitative estimate of drug-likeness (QED) is 0.0307. The van der Waals surface area contributed by atoms with Crippen LogP contribution in [0.4, 0.5) is 10.9 Å². The van der Waals surface area contributed by atoms with Gasteiger partial charge >= 0.3 is 16.4 Å². The lowest BCUT2D eigenvalue weighted by Crippen LogP contribution is -2.76. The zero-order chi connectivity index (χ0) is 36.1. The highest BCUT2D eigenvalue weighted by Gasteiger charge is 2.58. The average Bonchev–Trinajstić information content (AvgIpc) is 3.48. The third kappa shape index (κ3) is 8.95. The number of hydroxylamine groups is 2. The lowest BCUT2D eigenvalue weighted by molar-refractivity contribution is -0.656. The Morgan fingerprint density at radius 2 is 1.82 bits per heavy atom. The summed E-state index contributed by atoms with van der Waals surface area (Å²) in [5.41, 5.74) is 16.9.